The van der Waals surface area contributed by atoms with Crippen LogP contribution in [-0.2, 0) is 31.8 Å². The van der Waals surface area contributed by atoms with E-state index in [0.29, 0.717) is 47.9 Å². The second-order valence-corrected chi connectivity index (χ2v) is 21.8. The van der Waals surface area contributed by atoms with Crippen LogP contribution in [0.1, 0.15) is 94.8 Å². The van der Waals surface area contributed by atoms with Crippen LogP contribution in [0.15, 0.2) is 48.2 Å². The number of nitrogens with one attached hydrogen (secondary N) is 4. The van der Waals surface area contributed by atoms with E-state index in [1.807, 2.05) is 25.1 Å². The van der Waals surface area contributed by atoms with Crippen LogP contribution in [0, 0.1) is 18.3 Å². The summed E-state index contributed by atoms with van der Waals surface area (Å²) in [7, 11) is 1.46. The normalized spacial score (nSPS) is 18.8. The quantitative estimate of drug-likeness (QED) is 0.0499. The minimum Gasteiger partial charge on any atom is -0.493 e. The predicted octanol–water partition coefficient (Wildman–Crippen LogP) is 7.75. The maximum Gasteiger partial charge on any atom is 0.417 e. The van der Waals surface area contributed by atoms with Crippen LogP contribution in [0.3, 0.4) is 0 Å². The Labute approximate surface area is 445 Å². The van der Waals surface area contributed by atoms with Crippen molar-refractivity contribution in [3.05, 3.63) is 75.9 Å². The van der Waals surface area contributed by atoms with Gasteiger partial charge in [0, 0.05) is 51.0 Å². The van der Waals surface area contributed by atoms with E-state index in [9.17, 15) is 41.8 Å². The Morgan fingerprint density at radius 2 is 1.72 bits per heavy atom. The lowest BCUT2D eigenvalue weighted by Crippen LogP contribution is -2.59. The summed E-state index contributed by atoms with van der Waals surface area (Å²) in [5.74, 6) is -1.26. The molecule has 2 aliphatic heterocycles. The molecule has 0 radical (unpaired) electrons. The molecule has 4 aromatic heterocycles. The lowest BCUT2D eigenvalue weighted by Gasteiger charge is -2.35. The molecule has 410 valence electrons. The Morgan fingerprint density at radius 1 is 0.987 bits per heavy atom. The molecule has 5 N–H and O–H groups in total. The summed E-state index contributed by atoms with van der Waals surface area (Å²) in [4.78, 5) is 70.9. The van der Waals surface area contributed by atoms with Crippen molar-refractivity contribution in [2.24, 2.45) is 11.3 Å². The molecule has 5 amide bonds. The summed E-state index contributed by atoms with van der Waals surface area (Å²) < 4.78 is 75.4. The van der Waals surface area contributed by atoms with Crippen molar-refractivity contribution in [3.8, 4) is 22.1 Å². The molecule has 2 saturated heterocycles. The fourth-order valence-corrected chi connectivity index (χ4v) is 10.3. The molecule has 4 atom stereocenters. The Hall–Kier alpha value is -6.21. The number of aromatic nitrogens is 5. The second kappa shape index (κ2) is 23.2. The molecule has 3 aliphatic rings. The predicted molar refractivity (Wildman–Crippen MR) is 275 cm³/mol. The zero-order chi connectivity index (χ0) is 54.7. The number of ether oxygens (including phenoxy) is 3. The number of hydrogen-bond donors (Lipinski definition) is 5. The molecule has 6 heterocycles. The molecule has 25 heteroatoms. The third-order valence-corrected chi connectivity index (χ3v) is 15.1. The third kappa shape index (κ3) is 13.3. The molecule has 0 spiro atoms. The number of aliphatic hydroxyl groups excluding tert-OH is 1. The van der Waals surface area contributed by atoms with Gasteiger partial charge in [-0.25, -0.2) is 28.7 Å². The number of likely N-dealkylation sites (tertiary alicyclic amines) is 2. The molecule has 1 aliphatic carbocycles. The molecular weight excluding hydrogens is 1040 g/mol. The average Bonchev–Trinajstić information content (AvgIpc) is 3.61. The Morgan fingerprint density at radius 3 is 2.39 bits per heavy atom. The summed E-state index contributed by atoms with van der Waals surface area (Å²) in [6.45, 7) is 11.1. The topological polar surface area (TPSA) is 227 Å². The van der Waals surface area contributed by atoms with Crippen LogP contribution in [0.4, 0.5) is 33.7 Å². The Bertz CT molecular complexity index is 2920. The number of piperidine rings is 1. The van der Waals surface area contributed by atoms with Crippen molar-refractivity contribution >= 4 is 63.7 Å². The summed E-state index contributed by atoms with van der Waals surface area (Å²) in [5.41, 5.74) is 0.950. The second-order valence-electron chi connectivity index (χ2n) is 20.5. The molecular formula is C51H62ClF4N11O8S. The van der Waals surface area contributed by atoms with E-state index in [1.54, 1.807) is 33.2 Å². The number of rotatable bonds is 19. The van der Waals surface area contributed by atoms with Gasteiger partial charge >= 0.3 is 12.2 Å². The summed E-state index contributed by atoms with van der Waals surface area (Å²) in [6, 6.07) is 4.94. The van der Waals surface area contributed by atoms with Crippen molar-refractivity contribution in [1.82, 2.24) is 45.0 Å². The van der Waals surface area contributed by atoms with Gasteiger partial charge in [-0.1, -0.05) is 44.5 Å². The average molecular weight is 1100 g/mol. The highest BCUT2D eigenvalue weighted by Crippen LogP contribution is 2.41. The zero-order valence-corrected chi connectivity index (χ0v) is 44.5. The molecule has 2 unspecified atom stereocenters. The van der Waals surface area contributed by atoms with E-state index >= 15 is 0 Å². The van der Waals surface area contributed by atoms with Crippen LogP contribution in [0.5, 0.6) is 11.6 Å². The highest BCUT2D eigenvalue weighted by atomic mass is 35.5. The van der Waals surface area contributed by atoms with E-state index in [0.717, 1.165) is 54.6 Å². The number of urea groups is 1. The molecule has 8 rings (SSSR count). The number of methoxy groups -OCH3 is 1. The molecule has 0 bridgehead atoms. The molecule has 5 aromatic rings. The number of pyridine rings is 1. The van der Waals surface area contributed by atoms with Crippen molar-refractivity contribution in [3.63, 3.8) is 0 Å². The number of β-amino-alcohol motifs (C(OH)–C–C–N with tert-alkyl or cyclic N) is 1. The van der Waals surface area contributed by atoms with Gasteiger partial charge in [-0.3, -0.25) is 19.3 Å². The number of carbonyl (C=O) groups is 4. The van der Waals surface area contributed by atoms with Crippen LogP contribution in [-0.4, -0.2) is 134 Å². The Kier molecular flexibility index (Phi) is 17.1. The van der Waals surface area contributed by atoms with Crippen molar-refractivity contribution < 1.29 is 56.1 Å². The van der Waals surface area contributed by atoms with Crippen LogP contribution >= 0.6 is 22.9 Å². The van der Waals surface area contributed by atoms with Gasteiger partial charge in [-0.05, 0) is 88.1 Å². The van der Waals surface area contributed by atoms with Gasteiger partial charge in [-0.15, -0.1) is 11.3 Å². The number of anilines is 2. The number of aryl methyl sites for hydroxylation is 1. The third-order valence-electron chi connectivity index (χ3n) is 13.9. The lowest BCUT2D eigenvalue weighted by molar-refractivity contribution is -0.145. The number of carbonyl (C=O) groups excluding carboxylic acids is 4. The fourth-order valence-electron chi connectivity index (χ4n) is 9.29. The van der Waals surface area contributed by atoms with E-state index in [4.69, 9.17) is 25.8 Å². The number of benzene rings is 1. The molecule has 76 heavy (non-hydrogen) atoms. The van der Waals surface area contributed by atoms with E-state index in [2.05, 4.69) is 46.2 Å². The van der Waals surface area contributed by atoms with E-state index in [1.165, 1.54) is 40.1 Å². The molecule has 1 saturated carbocycles. The number of alkyl halides is 4. The highest BCUT2D eigenvalue weighted by Gasteiger charge is 2.53. The SMILES string of the molecule is COC(C)c1c(NC(=O)Nc2cc(C(F)(F)F)cnc2OCCN2CCC(CCOc3cc(-c4scnc4C)ccc3CNC(=O)[C@@H]3C[C@@H](O)CN3C(=O)C(NC(=O)C3(F)CC3)C(C)(C)C)CC2)cnc2cc(Cl)nn12. The van der Waals surface area contributed by atoms with Crippen LogP contribution < -0.4 is 30.7 Å². The minimum absolute atomic E-state index is 0.0125. The molecule has 3 fully saturated rings. The monoisotopic (exact) mass is 1100 g/mol. The highest BCUT2D eigenvalue weighted by molar-refractivity contribution is 7.13. The summed E-state index contributed by atoms with van der Waals surface area (Å²) in [6.07, 6.45) is -1.77. The van der Waals surface area contributed by atoms with Crippen molar-refractivity contribution in [2.45, 2.75) is 116 Å². The lowest BCUT2D eigenvalue weighted by atomic mass is 9.85. The standard InChI is InChI=1S/C51H62ClF4N11O8S/c1-28-42(76-27-60-28)31-7-8-32(23-58-44(69)37-21-34(68)26-66(37)46(70)43(49(3,4)5)63-47(71)50(53)12-13-50)38(19-31)74-17-11-30-9-14-65(15-10-30)16-18-75-45-35(20-33(24-59-45)51(54,55)56)61-48(72)62-36-25-57-40-22-39(52)64-67(40)41(36)29(2)73-6/h7-8,19-20,22,24-25,27,29-30,34,37,43,68H,9-18,21,23,26H2,1-6H3,(H,58,69)(H,63,71)(H2,61,62,72)/t29?,34-,37+,43?/m1/s1. The van der Waals surface area contributed by atoms with Gasteiger partial charge in [-0.2, -0.15) is 18.3 Å². The number of amides is 5. The summed E-state index contributed by atoms with van der Waals surface area (Å²) in [5, 5.41) is 25.6. The molecule has 1 aromatic carbocycles. The van der Waals surface area contributed by atoms with Crippen molar-refractivity contribution in [2.75, 3.05) is 57.1 Å². The number of nitrogens with zero attached hydrogens (tertiary/aromatic N) is 7. The van der Waals surface area contributed by atoms with Gasteiger partial charge in [0.1, 0.15) is 30.1 Å². The number of aliphatic hydroxyl groups is 1. The maximum atomic E-state index is 14.7. The first-order valence-electron chi connectivity index (χ1n) is 25.0. The van der Waals surface area contributed by atoms with Gasteiger partial charge in [0.25, 0.3) is 5.91 Å². The minimum atomic E-state index is -4.75. The van der Waals surface area contributed by atoms with Gasteiger partial charge in [0.05, 0.1) is 58.0 Å². The number of halogens is 5. The smallest absolute Gasteiger partial charge is 0.417 e. The first kappa shape index (κ1) is 56.0. The van der Waals surface area contributed by atoms with Gasteiger partial charge in [0.2, 0.25) is 17.7 Å². The zero-order valence-electron chi connectivity index (χ0n) is 42.9. The Balaban J connectivity index is 0.850. The summed E-state index contributed by atoms with van der Waals surface area (Å²) >= 11 is 7.59. The van der Waals surface area contributed by atoms with Gasteiger partial charge in [0.15, 0.2) is 16.5 Å². The fraction of sp³-hybridized carbons (Fsp3) is 0.529. The van der Waals surface area contributed by atoms with E-state index < -0.39 is 70.9 Å². The van der Waals surface area contributed by atoms with Gasteiger partial charge < -0.3 is 45.5 Å². The van der Waals surface area contributed by atoms with E-state index in [-0.39, 0.29) is 61.4 Å². The number of fused-ring (bicyclic) bond motifs is 1. The molecule has 19 nitrogen and oxygen atoms in total. The largest absolute Gasteiger partial charge is 0.493 e. The first-order chi connectivity index (χ1) is 36.0. The maximum absolute atomic E-state index is 14.7. The van der Waals surface area contributed by atoms with Crippen LogP contribution in [0.2, 0.25) is 5.15 Å². The first-order valence-corrected chi connectivity index (χ1v) is 26.3. The number of hydrogen-bond acceptors (Lipinski definition) is 14. The number of thiazole rings is 1. The van der Waals surface area contributed by atoms with Crippen LogP contribution in [0.25, 0.3) is 16.1 Å². The van der Waals surface area contributed by atoms with Crippen molar-refractivity contribution in [1.29, 1.82) is 0 Å².